The summed E-state index contributed by atoms with van der Waals surface area (Å²) in [7, 11) is 2.00. The number of imidazole rings is 1. The lowest BCUT2D eigenvalue weighted by molar-refractivity contribution is 0.562. The first-order valence-electron chi connectivity index (χ1n) is 4.88. The summed E-state index contributed by atoms with van der Waals surface area (Å²) in [6.07, 6.45) is 6.37. The van der Waals surface area contributed by atoms with Crippen molar-refractivity contribution < 1.29 is 0 Å². The minimum absolute atomic E-state index is 0.565. The van der Waals surface area contributed by atoms with Gasteiger partial charge in [0.05, 0.1) is 5.69 Å². The number of aromatic nitrogens is 2. The Balaban J connectivity index is 2.01. The molecule has 0 saturated heterocycles. The van der Waals surface area contributed by atoms with E-state index in [0.29, 0.717) is 6.04 Å². The van der Waals surface area contributed by atoms with E-state index in [1.807, 2.05) is 7.05 Å². The lowest BCUT2D eigenvalue weighted by atomic mass is 10.1. The molecule has 1 N–H and O–H groups in total. The smallest absolute Gasteiger partial charge is 0.193 e. The molecule has 76 valence electrons. The van der Waals surface area contributed by atoms with Crippen LogP contribution in [-0.2, 0) is 6.42 Å². The molecular formula is C10H15N3S. The molecule has 0 aliphatic carbocycles. The first kappa shape index (κ1) is 9.68. The largest absolute Gasteiger partial charge is 0.317 e. The van der Waals surface area contributed by atoms with Crippen LogP contribution in [0.5, 0.6) is 0 Å². The topological polar surface area (TPSA) is 29.3 Å². The molecule has 0 aromatic carbocycles. The molecule has 0 aliphatic rings. The first-order chi connectivity index (χ1) is 6.79. The maximum atomic E-state index is 4.53. The number of rotatable bonds is 4. The quantitative estimate of drug-likeness (QED) is 0.833. The number of hydrogen-bond acceptors (Lipinski definition) is 3. The van der Waals surface area contributed by atoms with Crippen molar-refractivity contribution in [3.63, 3.8) is 0 Å². The number of aryl methyl sites for hydroxylation is 1. The van der Waals surface area contributed by atoms with Gasteiger partial charge in [0.25, 0.3) is 0 Å². The van der Waals surface area contributed by atoms with Crippen molar-refractivity contribution in [3.8, 4) is 0 Å². The highest BCUT2D eigenvalue weighted by atomic mass is 32.1. The summed E-state index contributed by atoms with van der Waals surface area (Å²) in [6.45, 7) is 2.19. The summed E-state index contributed by atoms with van der Waals surface area (Å²) in [5, 5.41) is 5.29. The molecular weight excluding hydrogens is 194 g/mol. The van der Waals surface area contributed by atoms with Gasteiger partial charge in [-0.25, -0.2) is 4.98 Å². The molecule has 2 heterocycles. The van der Waals surface area contributed by atoms with Gasteiger partial charge in [0.15, 0.2) is 4.96 Å². The van der Waals surface area contributed by atoms with E-state index in [9.17, 15) is 0 Å². The van der Waals surface area contributed by atoms with Crippen molar-refractivity contribution in [1.29, 1.82) is 0 Å². The van der Waals surface area contributed by atoms with E-state index in [2.05, 4.69) is 39.4 Å². The van der Waals surface area contributed by atoms with Gasteiger partial charge in [0, 0.05) is 23.8 Å². The van der Waals surface area contributed by atoms with E-state index in [4.69, 9.17) is 0 Å². The zero-order chi connectivity index (χ0) is 9.97. The van der Waals surface area contributed by atoms with Crippen molar-refractivity contribution >= 4 is 16.3 Å². The number of hydrogen-bond donors (Lipinski definition) is 1. The monoisotopic (exact) mass is 209 g/mol. The fraction of sp³-hybridized carbons (Fsp3) is 0.500. The molecule has 0 radical (unpaired) electrons. The highest BCUT2D eigenvalue weighted by molar-refractivity contribution is 7.15. The summed E-state index contributed by atoms with van der Waals surface area (Å²) in [4.78, 5) is 5.63. The Bertz CT molecular complexity index is 376. The fourth-order valence-electron chi connectivity index (χ4n) is 1.41. The Hall–Kier alpha value is -0.870. The van der Waals surface area contributed by atoms with Crippen LogP contribution >= 0.6 is 11.3 Å². The fourth-order valence-corrected chi connectivity index (χ4v) is 2.12. The van der Waals surface area contributed by atoms with Gasteiger partial charge in [-0.3, -0.25) is 4.40 Å². The third-order valence-corrected chi connectivity index (χ3v) is 3.24. The summed E-state index contributed by atoms with van der Waals surface area (Å²) >= 11 is 1.68. The summed E-state index contributed by atoms with van der Waals surface area (Å²) in [5.41, 5.74) is 1.19. The molecule has 0 fully saturated rings. The maximum Gasteiger partial charge on any atom is 0.193 e. The second-order valence-electron chi connectivity index (χ2n) is 3.55. The van der Waals surface area contributed by atoms with Crippen LogP contribution in [0.1, 0.15) is 19.0 Å². The van der Waals surface area contributed by atoms with E-state index in [1.54, 1.807) is 11.3 Å². The van der Waals surface area contributed by atoms with Gasteiger partial charge in [-0.05, 0) is 26.8 Å². The van der Waals surface area contributed by atoms with E-state index in [0.717, 1.165) is 17.8 Å². The van der Waals surface area contributed by atoms with Crippen LogP contribution in [0.2, 0.25) is 0 Å². The third-order valence-electron chi connectivity index (χ3n) is 2.47. The molecule has 4 heteroatoms. The van der Waals surface area contributed by atoms with Gasteiger partial charge < -0.3 is 5.32 Å². The summed E-state index contributed by atoms with van der Waals surface area (Å²) in [6, 6.07) is 0.565. The molecule has 1 unspecified atom stereocenters. The first-order valence-corrected chi connectivity index (χ1v) is 5.76. The SMILES string of the molecule is CNC(C)CCc1cn2ccsc2n1. The van der Waals surface area contributed by atoms with Gasteiger partial charge >= 0.3 is 0 Å². The molecule has 2 aromatic rings. The minimum atomic E-state index is 0.565. The predicted molar refractivity (Wildman–Crippen MR) is 59.9 cm³/mol. The molecule has 0 spiro atoms. The average Bonchev–Trinajstić information content (AvgIpc) is 2.73. The van der Waals surface area contributed by atoms with E-state index < -0.39 is 0 Å². The van der Waals surface area contributed by atoms with E-state index >= 15 is 0 Å². The standard InChI is InChI=1S/C10H15N3S/c1-8(11-2)3-4-9-7-13-5-6-14-10(13)12-9/h5-8,11H,3-4H2,1-2H3. The number of nitrogens with one attached hydrogen (secondary N) is 1. The Morgan fingerprint density at radius 3 is 3.21 bits per heavy atom. The molecule has 0 aliphatic heterocycles. The van der Waals surface area contributed by atoms with Crippen molar-refractivity contribution in [2.75, 3.05) is 7.05 Å². The normalized spacial score (nSPS) is 13.6. The molecule has 0 bridgehead atoms. The number of nitrogens with zero attached hydrogens (tertiary/aromatic N) is 2. The molecule has 1 atom stereocenters. The minimum Gasteiger partial charge on any atom is -0.317 e. The van der Waals surface area contributed by atoms with Crippen LogP contribution in [0.15, 0.2) is 17.8 Å². The van der Waals surface area contributed by atoms with Crippen molar-refractivity contribution in [3.05, 3.63) is 23.5 Å². The molecule has 2 rings (SSSR count). The second-order valence-corrected chi connectivity index (χ2v) is 4.43. The average molecular weight is 209 g/mol. The Kier molecular flexibility index (Phi) is 2.84. The molecule has 3 nitrogen and oxygen atoms in total. The predicted octanol–water partition coefficient (Wildman–Crippen LogP) is 1.94. The van der Waals surface area contributed by atoms with Crippen LogP contribution < -0.4 is 5.32 Å². The highest BCUT2D eigenvalue weighted by Crippen LogP contribution is 2.12. The highest BCUT2D eigenvalue weighted by Gasteiger charge is 2.04. The van der Waals surface area contributed by atoms with Gasteiger partial charge in [0.2, 0.25) is 0 Å². The Morgan fingerprint density at radius 2 is 2.50 bits per heavy atom. The van der Waals surface area contributed by atoms with Crippen LogP contribution in [0.25, 0.3) is 4.96 Å². The summed E-state index contributed by atoms with van der Waals surface area (Å²) in [5.74, 6) is 0. The van der Waals surface area contributed by atoms with Gasteiger partial charge in [0.1, 0.15) is 0 Å². The van der Waals surface area contributed by atoms with Crippen LogP contribution in [0.3, 0.4) is 0 Å². The molecule has 0 amide bonds. The Morgan fingerprint density at radius 1 is 1.64 bits per heavy atom. The maximum absolute atomic E-state index is 4.53. The zero-order valence-corrected chi connectivity index (χ0v) is 9.34. The Labute approximate surface area is 87.8 Å². The molecule has 0 saturated carbocycles. The molecule has 2 aromatic heterocycles. The third kappa shape index (κ3) is 1.96. The van der Waals surface area contributed by atoms with Gasteiger partial charge in [-0.15, -0.1) is 11.3 Å². The second kappa shape index (κ2) is 4.11. The van der Waals surface area contributed by atoms with Crippen molar-refractivity contribution in [2.45, 2.75) is 25.8 Å². The molecule has 14 heavy (non-hydrogen) atoms. The van der Waals surface area contributed by atoms with E-state index in [-0.39, 0.29) is 0 Å². The zero-order valence-electron chi connectivity index (χ0n) is 8.53. The number of thiazole rings is 1. The summed E-state index contributed by atoms with van der Waals surface area (Å²) < 4.78 is 2.09. The van der Waals surface area contributed by atoms with Crippen LogP contribution in [0, 0.1) is 0 Å². The lowest BCUT2D eigenvalue weighted by Crippen LogP contribution is -2.21. The van der Waals surface area contributed by atoms with Crippen molar-refractivity contribution in [1.82, 2.24) is 14.7 Å². The van der Waals surface area contributed by atoms with Crippen LogP contribution in [-0.4, -0.2) is 22.5 Å². The van der Waals surface area contributed by atoms with Gasteiger partial charge in [-0.1, -0.05) is 0 Å². The van der Waals surface area contributed by atoms with Crippen molar-refractivity contribution in [2.24, 2.45) is 0 Å². The van der Waals surface area contributed by atoms with Gasteiger partial charge in [-0.2, -0.15) is 0 Å². The van der Waals surface area contributed by atoms with E-state index in [1.165, 1.54) is 5.69 Å². The lowest BCUT2D eigenvalue weighted by Gasteiger charge is -2.07. The number of fused-ring (bicyclic) bond motifs is 1. The van der Waals surface area contributed by atoms with Crippen LogP contribution in [0.4, 0.5) is 0 Å².